The average molecular weight is 200 g/mol. The minimum atomic E-state index is 1.03. The molecule has 1 aromatic heterocycles. The predicted molar refractivity (Wildman–Crippen MR) is 59.3 cm³/mol. The molecule has 68 valence electrons. The SMILES string of the molecule is C1=Cc2ccc3ncncc3c2SC1. The summed E-state index contributed by atoms with van der Waals surface area (Å²) in [6.45, 7) is 0. The Balaban J connectivity index is 2.41. The summed E-state index contributed by atoms with van der Waals surface area (Å²) >= 11 is 1.85. The Morgan fingerprint density at radius 1 is 1.29 bits per heavy atom. The number of fused-ring (bicyclic) bond motifs is 3. The van der Waals surface area contributed by atoms with Crippen molar-refractivity contribution in [3.63, 3.8) is 0 Å². The second kappa shape index (κ2) is 3.10. The van der Waals surface area contributed by atoms with Gasteiger partial charge >= 0.3 is 0 Å². The number of aromatic nitrogens is 2. The minimum Gasteiger partial charge on any atom is -0.244 e. The van der Waals surface area contributed by atoms with Crippen LogP contribution in [0.15, 0.2) is 35.6 Å². The molecule has 0 spiro atoms. The van der Waals surface area contributed by atoms with Crippen LogP contribution in [0.1, 0.15) is 5.56 Å². The summed E-state index contributed by atoms with van der Waals surface area (Å²) in [6, 6.07) is 4.17. The highest BCUT2D eigenvalue weighted by Gasteiger charge is 2.09. The fourth-order valence-corrected chi connectivity index (χ4v) is 2.62. The van der Waals surface area contributed by atoms with Crippen molar-refractivity contribution in [2.45, 2.75) is 4.90 Å². The van der Waals surface area contributed by atoms with Crippen LogP contribution in [0, 0.1) is 0 Å². The molecule has 0 aliphatic carbocycles. The van der Waals surface area contributed by atoms with Gasteiger partial charge in [-0.1, -0.05) is 18.2 Å². The van der Waals surface area contributed by atoms with Crippen LogP contribution in [0.5, 0.6) is 0 Å². The van der Waals surface area contributed by atoms with Crippen LogP contribution in [0.25, 0.3) is 17.0 Å². The van der Waals surface area contributed by atoms with Crippen molar-refractivity contribution in [3.05, 3.63) is 36.3 Å². The highest BCUT2D eigenvalue weighted by atomic mass is 32.2. The summed E-state index contributed by atoms with van der Waals surface area (Å²) in [4.78, 5) is 9.62. The van der Waals surface area contributed by atoms with Crippen molar-refractivity contribution in [1.29, 1.82) is 0 Å². The first-order valence-electron chi connectivity index (χ1n) is 4.47. The van der Waals surface area contributed by atoms with E-state index in [4.69, 9.17) is 0 Å². The molecule has 0 unspecified atom stereocenters. The molecule has 0 bridgehead atoms. The Morgan fingerprint density at radius 3 is 3.29 bits per heavy atom. The van der Waals surface area contributed by atoms with Gasteiger partial charge in [-0.25, -0.2) is 9.97 Å². The van der Waals surface area contributed by atoms with E-state index in [0.29, 0.717) is 0 Å². The van der Waals surface area contributed by atoms with E-state index in [9.17, 15) is 0 Å². The third-order valence-corrected chi connectivity index (χ3v) is 3.40. The smallest absolute Gasteiger partial charge is 0.116 e. The van der Waals surface area contributed by atoms with Gasteiger partial charge in [-0.3, -0.25) is 0 Å². The van der Waals surface area contributed by atoms with Gasteiger partial charge in [-0.15, -0.1) is 11.8 Å². The predicted octanol–water partition coefficient (Wildman–Crippen LogP) is 2.75. The largest absolute Gasteiger partial charge is 0.244 e. The molecule has 3 rings (SSSR count). The topological polar surface area (TPSA) is 25.8 Å². The highest BCUT2D eigenvalue weighted by Crippen LogP contribution is 2.33. The maximum absolute atomic E-state index is 4.24. The van der Waals surface area contributed by atoms with E-state index >= 15 is 0 Å². The van der Waals surface area contributed by atoms with Gasteiger partial charge in [-0.2, -0.15) is 0 Å². The zero-order valence-corrected chi connectivity index (χ0v) is 8.29. The van der Waals surface area contributed by atoms with Gasteiger partial charge in [0.25, 0.3) is 0 Å². The lowest BCUT2D eigenvalue weighted by molar-refractivity contribution is 1.21. The van der Waals surface area contributed by atoms with E-state index in [2.05, 4.69) is 28.2 Å². The molecule has 0 atom stereocenters. The molecule has 0 amide bonds. The van der Waals surface area contributed by atoms with Crippen LogP contribution in [0.2, 0.25) is 0 Å². The van der Waals surface area contributed by atoms with E-state index < -0.39 is 0 Å². The van der Waals surface area contributed by atoms with Gasteiger partial charge in [0.1, 0.15) is 6.33 Å². The van der Waals surface area contributed by atoms with Crippen LogP contribution in [-0.4, -0.2) is 15.7 Å². The van der Waals surface area contributed by atoms with Crippen LogP contribution in [0.4, 0.5) is 0 Å². The molecule has 14 heavy (non-hydrogen) atoms. The van der Waals surface area contributed by atoms with Gasteiger partial charge in [0, 0.05) is 22.2 Å². The molecule has 2 aromatic rings. The molecule has 0 fully saturated rings. The van der Waals surface area contributed by atoms with Crippen molar-refractivity contribution in [2.24, 2.45) is 0 Å². The number of thioether (sulfide) groups is 1. The van der Waals surface area contributed by atoms with E-state index in [1.165, 1.54) is 15.8 Å². The Morgan fingerprint density at radius 2 is 2.29 bits per heavy atom. The van der Waals surface area contributed by atoms with Crippen LogP contribution >= 0.6 is 11.8 Å². The lowest BCUT2D eigenvalue weighted by Crippen LogP contribution is -1.91. The Labute approximate surface area is 86.1 Å². The molecule has 0 saturated carbocycles. The average Bonchev–Trinajstić information content (AvgIpc) is 2.29. The zero-order chi connectivity index (χ0) is 9.38. The number of nitrogens with zero attached hydrogens (tertiary/aromatic N) is 2. The molecular formula is C11H8N2S. The zero-order valence-electron chi connectivity index (χ0n) is 7.47. The van der Waals surface area contributed by atoms with Crippen molar-refractivity contribution in [3.8, 4) is 0 Å². The molecule has 0 radical (unpaired) electrons. The van der Waals surface area contributed by atoms with Gasteiger partial charge in [0.05, 0.1) is 5.52 Å². The minimum absolute atomic E-state index is 1.03. The van der Waals surface area contributed by atoms with Gasteiger partial charge in [-0.05, 0) is 11.6 Å². The summed E-state index contributed by atoms with van der Waals surface area (Å²) in [7, 11) is 0. The maximum Gasteiger partial charge on any atom is 0.116 e. The molecule has 0 saturated heterocycles. The van der Waals surface area contributed by atoms with E-state index in [-0.39, 0.29) is 0 Å². The second-order valence-corrected chi connectivity index (χ2v) is 4.18. The van der Waals surface area contributed by atoms with Crippen molar-refractivity contribution in [2.75, 3.05) is 5.75 Å². The van der Waals surface area contributed by atoms with Gasteiger partial charge < -0.3 is 0 Å². The fourth-order valence-electron chi connectivity index (χ4n) is 1.65. The molecule has 1 aliphatic heterocycles. The number of hydrogen-bond acceptors (Lipinski definition) is 3. The standard InChI is InChI=1S/C11H8N2S/c1-2-8-3-4-10-9(6-12-7-13-10)11(8)14-5-1/h1-4,6-7H,5H2. The van der Waals surface area contributed by atoms with Crippen molar-refractivity contribution in [1.82, 2.24) is 9.97 Å². The molecule has 1 aliphatic rings. The number of rotatable bonds is 0. The van der Waals surface area contributed by atoms with Crippen LogP contribution in [0.3, 0.4) is 0 Å². The summed E-state index contributed by atoms with van der Waals surface area (Å²) in [5, 5.41) is 1.17. The van der Waals surface area contributed by atoms with E-state index in [1.807, 2.05) is 24.0 Å². The van der Waals surface area contributed by atoms with Gasteiger partial charge in [0.2, 0.25) is 0 Å². The van der Waals surface area contributed by atoms with Crippen molar-refractivity contribution < 1.29 is 0 Å². The lowest BCUT2D eigenvalue weighted by atomic mass is 10.1. The third-order valence-electron chi connectivity index (χ3n) is 2.29. The van der Waals surface area contributed by atoms with E-state index in [1.54, 1.807) is 6.33 Å². The maximum atomic E-state index is 4.24. The summed E-state index contributed by atoms with van der Waals surface area (Å²) in [6.07, 6.45) is 7.84. The molecule has 2 nitrogen and oxygen atoms in total. The Bertz CT molecular complexity index is 520. The van der Waals surface area contributed by atoms with Crippen LogP contribution in [-0.2, 0) is 0 Å². The molecule has 1 aromatic carbocycles. The third kappa shape index (κ3) is 1.13. The summed E-state index contributed by atoms with van der Waals surface area (Å²) in [5.74, 6) is 1.04. The molecular weight excluding hydrogens is 192 g/mol. The first-order valence-corrected chi connectivity index (χ1v) is 5.46. The van der Waals surface area contributed by atoms with Crippen LogP contribution < -0.4 is 0 Å². The Hall–Kier alpha value is -1.35. The number of benzene rings is 1. The van der Waals surface area contributed by atoms with Gasteiger partial charge in [0.15, 0.2) is 0 Å². The van der Waals surface area contributed by atoms with Crippen molar-refractivity contribution >= 4 is 28.7 Å². The Kier molecular flexibility index (Phi) is 1.77. The summed E-state index contributed by atoms with van der Waals surface area (Å²) < 4.78 is 0. The second-order valence-electron chi connectivity index (χ2n) is 3.15. The fraction of sp³-hybridized carbons (Fsp3) is 0.0909. The normalized spacial score (nSPS) is 14.3. The molecule has 2 heterocycles. The first-order chi connectivity index (χ1) is 6.95. The molecule has 3 heteroatoms. The summed E-state index contributed by atoms with van der Waals surface area (Å²) in [5.41, 5.74) is 2.31. The number of hydrogen-bond donors (Lipinski definition) is 0. The quantitative estimate of drug-likeness (QED) is 0.654. The highest BCUT2D eigenvalue weighted by molar-refractivity contribution is 7.99. The van der Waals surface area contributed by atoms with E-state index in [0.717, 1.165) is 11.3 Å². The first kappa shape index (κ1) is 8.00. The monoisotopic (exact) mass is 200 g/mol. The lowest BCUT2D eigenvalue weighted by Gasteiger charge is -2.11. The molecule has 0 N–H and O–H groups in total.